The molecule has 0 aliphatic carbocycles. The first kappa shape index (κ1) is 14.4. The Labute approximate surface area is 116 Å². The highest BCUT2D eigenvalue weighted by molar-refractivity contribution is 5.68. The molecule has 1 aromatic rings. The van der Waals surface area contributed by atoms with Crippen LogP contribution in [0.25, 0.3) is 0 Å². The van der Waals surface area contributed by atoms with E-state index in [1.54, 1.807) is 25.7 Å². The summed E-state index contributed by atoms with van der Waals surface area (Å²) in [7, 11) is 0. The maximum Gasteiger partial charge on any atom is 0.410 e. The number of hydrogen-bond acceptors (Lipinski definition) is 4. The fourth-order valence-electron chi connectivity index (χ4n) is 2.15. The molecule has 0 saturated carbocycles. The average molecular weight is 281 g/mol. The smallest absolute Gasteiger partial charge is 0.410 e. The van der Waals surface area contributed by atoms with Gasteiger partial charge in [-0.15, -0.1) is 0 Å². The van der Waals surface area contributed by atoms with E-state index in [1.165, 1.54) is 0 Å². The summed E-state index contributed by atoms with van der Waals surface area (Å²) in [4.78, 5) is 41.4. The van der Waals surface area contributed by atoms with Crippen molar-refractivity contribution in [3.63, 3.8) is 0 Å². The van der Waals surface area contributed by atoms with Gasteiger partial charge in [0.2, 0.25) is 0 Å². The minimum Gasteiger partial charge on any atom is -0.444 e. The van der Waals surface area contributed by atoms with Crippen LogP contribution in [-0.4, -0.2) is 39.7 Å². The maximum atomic E-state index is 12.0. The monoisotopic (exact) mass is 281 g/mol. The first-order valence-corrected chi connectivity index (χ1v) is 6.58. The van der Waals surface area contributed by atoms with Gasteiger partial charge in [-0.1, -0.05) is 0 Å². The predicted molar refractivity (Wildman–Crippen MR) is 72.9 cm³/mol. The molecule has 1 amide bonds. The molecule has 2 N–H and O–H groups in total. The minimum atomic E-state index is -0.554. The van der Waals surface area contributed by atoms with Gasteiger partial charge in [-0.25, -0.2) is 9.59 Å². The first-order valence-electron chi connectivity index (χ1n) is 6.58. The van der Waals surface area contributed by atoms with Gasteiger partial charge in [-0.2, -0.15) is 0 Å². The second-order valence-electron chi connectivity index (χ2n) is 5.83. The van der Waals surface area contributed by atoms with Gasteiger partial charge >= 0.3 is 11.8 Å². The van der Waals surface area contributed by atoms with Crippen molar-refractivity contribution in [1.82, 2.24) is 14.9 Å². The van der Waals surface area contributed by atoms with Crippen LogP contribution >= 0.6 is 0 Å². The topological polar surface area (TPSA) is 95.3 Å². The van der Waals surface area contributed by atoms with Crippen LogP contribution in [0, 0.1) is 0 Å². The fraction of sp³-hybridized carbons (Fsp3) is 0.615. The molecule has 7 nitrogen and oxygen atoms in total. The van der Waals surface area contributed by atoms with Crippen LogP contribution in [0.4, 0.5) is 4.79 Å². The van der Waals surface area contributed by atoms with E-state index in [1.807, 2.05) is 0 Å². The normalized spacial score (nSPS) is 15.4. The van der Waals surface area contributed by atoms with Crippen molar-refractivity contribution >= 4 is 6.09 Å². The van der Waals surface area contributed by atoms with Crippen LogP contribution < -0.4 is 11.2 Å². The van der Waals surface area contributed by atoms with Crippen LogP contribution in [-0.2, 0) is 17.6 Å². The van der Waals surface area contributed by atoms with E-state index < -0.39 is 17.4 Å². The van der Waals surface area contributed by atoms with Crippen LogP contribution in [0.2, 0.25) is 0 Å². The van der Waals surface area contributed by atoms with Crippen molar-refractivity contribution in [2.75, 3.05) is 13.1 Å². The molecule has 1 aromatic heterocycles. The van der Waals surface area contributed by atoms with Crippen LogP contribution in [0.1, 0.15) is 32.0 Å². The largest absolute Gasteiger partial charge is 0.444 e. The van der Waals surface area contributed by atoms with Crippen molar-refractivity contribution in [1.29, 1.82) is 0 Å². The second-order valence-corrected chi connectivity index (χ2v) is 5.83. The van der Waals surface area contributed by atoms with Gasteiger partial charge in [-0.3, -0.25) is 9.78 Å². The summed E-state index contributed by atoms with van der Waals surface area (Å²) >= 11 is 0. The molecule has 0 spiro atoms. The van der Waals surface area contributed by atoms with E-state index in [0.717, 1.165) is 0 Å². The van der Waals surface area contributed by atoms with E-state index in [9.17, 15) is 14.4 Å². The molecule has 0 bridgehead atoms. The van der Waals surface area contributed by atoms with E-state index in [4.69, 9.17) is 4.74 Å². The average Bonchev–Trinajstić information content (AvgIpc) is 2.49. The number of nitrogens with zero attached hydrogens (tertiary/aromatic N) is 1. The number of H-pyrrole nitrogens is 2. The zero-order valence-electron chi connectivity index (χ0n) is 11.9. The molecular weight excluding hydrogens is 262 g/mol. The van der Waals surface area contributed by atoms with Gasteiger partial charge < -0.3 is 14.6 Å². The molecule has 1 aliphatic heterocycles. The molecule has 0 unspecified atom stereocenters. The molecule has 1 aliphatic rings. The number of aromatic amines is 2. The lowest BCUT2D eigenvalue weighted by atomic mass is 10.1. The van der Waals surface area contributed by atoms with E-state index in [-0.39, 0.29) is 5.56 Å². The second kappa shape index (κ2) is 5.15. The molecule has 0 atom stereocenters. The Morgan fingerprint density at radius 3 is 2.45 bits per heavy atom. The lowest BCUT2D eigenvalue weighted by Crippen LogP contribution is -2.38. The van der Waals surface area contributed by atoms with Gasteiger partial charge in [0, 0.05) is 30.8 Å². The lowest BCUT2D eigenvalue weighted by Gasteiger charge is -2.26. The van der Waals surface area contributed by atoms with Gasteiger partial charge in [0.1, 0.15) is 5.60 Å². The van der Waals surface area contributed by atoms with Gasteiger partial charge in [-0.05, 0) is 27.2 Å². The minimum absolute atomic E-state index is 0.380. The van der Waals surface area contributed by atoms with Crippen molar-refractivity contribution in [2.24, 2.45) is 0 Å². The van der Waals surface area contributed by atoms with E-state index in [0.29, 0.717) is 37.2 Å². The van der Waals surface area contributed by atoms with Crippen molar-refractivity contribution in [3.05, 3.63) is 32.1 Å². The summed E-state index contributed by atoms with van der Waals surface area (Å²) in [5, 5.41) is 0. The van der Waals surface area contributed by atoms with Gasteiger partial charge in [0.05, 0.1) is 0 Å². The van der Waals surface area contributed by atoms with E-state index >= 15 is 0 Å². The Morgan fingerprint density at radius 2 is 1.80 bits per heavy atom. The Morgan fingerprint density at radius 1 is 1.15 bits per heavy atom. The zero-order valence-corrected chi connectivity index (χ0v) is 11.9. The number of carbonyl (C=O) groups is 1. The number of carbonyl (C=O) groups excluding carboxylic acids is 1. The number of hydrogen-bond donors (Lipinski definition) is 2. The Kier molecular flexibility index (Phi) is 3.69. The highest BCUT2D eigenvalue weighted by Gasteiger charge is 2.25. The third kappa shape index (κ3) is 3.28. The Balaban J connectivity index is 2.16. The third-order valence-electron chi connectivity index (χ3n) is 3.04. The van der Waals surface area contributed by atoms with Crippen molar-refractivity contribution in [3.8, 4) is 0 Å². The summed E-state index contributed by atoms with van der Waals surface area (Å²) in [5.41, 5.74) is -0.308. The number of rotatable bonds is 0. The molecule has 2 heterocycles. The highest BCUT2D eigenvalue weighted by Crippen LogP contribution is 2.13. The molecule has 2 rings (SSSR count). The zero-order chi connectivity index (χ0) is 14.9. The van der Waals surface area contributed by atoms with Crippen LogP contribution in [0.3, 0.4) is 0 Å². The van der Waals surface area contributed by atoms with E-state index in [2.05, 4.69) is 9.97 Å². The fourth-order valence-corrected chi connectivity index (χ4v) is 2.15. The van der Waals surface area contributed by atoms with Crippen molar-refractivity contribution < 1.29 is 9.53 Å². The molecule has 0 saturated heterocycles. The lowest BCUT2D eigenvalue weighted by molar-refractivity contribution is 0.0258. The molecular formula is C13H19N3O4. The van der Waals surface area contributed by atoms with Crippen LogP contribution in [0.5, 0.6) is 0 Å². The standard InChI is InChI=1S/C13H19N3O4/c1-13(2,3)20-12(19)16-6-4-8-9(5-7-16)14-11(18)15-10(8)17/h4-7H2,1-3H3,(H2,14,15,17,18). The quantitative estimate of drug-likeness (QED) is 0.719. The summed E-state index contributed by atoms with van der Waals surface area (Å²) in [5.74, 6) is 0. The summed E-state index contributed by atoms with van der Waals surface area (Å²) < 4.78 is 5.31. The highest BCUT2D eigenvalue weighted by atomic mass is 16.6. The van der Waals surface area contributed by atoms with Gasteiger partial charge in [0.15, 0.2) is 0 Å². The number of ether oxygens (including phenoxy) is 1. The van der Waals surface area contributed by atoms with Crippen LogP contribution in [0.15, 0.2) is 9.59 Å². The molecule has 0 aromatic carbocycles. The SMILES string of the molecule is CC(C)(C)OC(=O)N1CCc2[nH]c(=O)[nH]c(=O)c2CC1. The Hall–Kier alpha value is -2.05. The predicted octanol–water partition coefficient (Wildman–Crippen LogP) is 0.399. The number of amides is 1. The maximum absolute atomic E-state index is 12.0. The summed E-state index contributed by atoms with van der Waals surface area (Å²) in [6, 6.07) is 0. The summed E-state index contributed by atoms with van der Waals surface area (Å²) in [6.45, 7) is 6.23. The number of aromatic nitrogens is 2. The number of fused-ring (bicyclic) bond motifs is 1. The molecule has 0 radical (unpaired) electrons. The molecule has 20 heavy (non-hydrogen) atoms. The Bertz CT molecular complexity index is 624. The molecule has 0 fully saturated rings. The molecule has 110 valence electrons. The number of nitrogens with one attached hydrogen (secondary N) is 2. The van der Waals surface area contributed by atoms with Crippen molar-refractivity contribution in [2.45, 2.75) is 39.2 Å². The first-order chi connectivity index (χ1) is 9.26. The summed E-state index contributed by atoms with van der Waals surface area (Å²) in [6.07, 6.45) is 0.443. The van der Waals surface area contributed by atoms with Gasteiger partial charge in [0.25, 0.3) is 5.56 Å². The third-order valence-corrected chi connectivity index (χ3v) is 3.04. The molecule has 7 heteroatoms.